The fraction of sp³-hybridized carbons (Fsp3) is 0.438. The van der Waals surface area contributed by atoms with Crippen molar-refractivity contribution in [3.05, 3.63) is 83.1 Å². The molecule has 0 aromatic heterocycles. The van der Waals surface area contributed by atoms with Crippen molar-refractivity contribution >= 4 is 23.9 Å². The molecule has 0 N–H and O–H groups in total. The van der Waals surface area contributed by atoms with Crippen LogP contribution in [0.25, 0.3) is 0 Å². The topological polar surface area (TPSA) is 114 Å². The van der Waals surface area contributed by atoms with E-state index in [1.807, 2.05) is 60.7 Å². The van der Waals surface area contributed by atoms with Crippen LogP contribution in [0.3, 0.4) is 0 Å². The lowest BCUT2D eigenvalue weighted by atomic mass is 9.90. The van der Waals surface area contributed by atoms with Crippen LogP contribution in [0.1, 0.15) is 75.8 Å². The lowest BCUT2D eigenvalue weighted by Crippen LogP contribution is -2.24. The number of allylic oxidation sites excluding steroid dienone is 2. The third-order valence-electron chi connectivity index (χ3n) is 6.35. The number of ether oxygens (including phenoxy) is 5. The lowest BCUT2D eigenvalue weighted by molar-refractivity contribution is -0.188. The molecule has 1 aliphatic rings. The molecule has 0 aliphatic heterocycles. The molecule has 1 saturated carbocycles. The van der Waals surface area contributed by atoms with Crippen LogP contribution in [0, 0.1) is 0 Å². The van der Waals surface area contributed by atoms with E-state index in [1.54, 1.807) is 0 Å². The summed E-state index contributed by atoms with van der Waals surface area (Å²) in [6.45, 7) is 1.83. The van der Waals surface area contributed by atoms with E-state index in [-0.39, 0.29) is 38.9 Å². The summed E-state index contributed by atoms with van der Waals surface area (Å²) in [6.07, 6.45) is 2.69. The fourth-order valence-electron chi connectivity index (χ4n) is 4.00. The first-order chi connectivity index (χ1) is 19.9. The summed E-state index contributed by atoms with van der Waals surface area (Å²) in [5.74, 6) is -1.32. The minimum Gasteiger partial charge on any atom is -0.493 e. The highest BCUT2D eigenvalue weighted by molar-refractivity contribution is 5.77. The number of hydrogen-bond acceptors (Lipinski definition) is 9. The molecule has 0 amide bonds. The van der Waals surface area contributed by atoms with Crippen LogP contribution in [-0.4, -0.2) is 36.8 Å². The van der Waals surface area contributed by atoms with Crippen LogP contribution >= 0.6 is 0 Å². The molecule has 2 aromatic rings. The van der Waals surface area contributed by atoms with Gasteiger partial charge in [-0.1, -0.05) is 60.7 Å². The maximum atomic E-state index is 12.6. The second-order valence-electron chi connectivity index (χ2n) is 9.69. The van der Waals surface area contributed by atoms with Gasteiger partial charge in [0.1, 0.15) is 13.2 Å². The van der Waals surface area contributed by atoms with Crippen molar-refractivity contribution < 1.29 is 42.9 Å². The van der Waals surface area contributed by atoms with Gasteiger partial charge < -0.3 is 23.7 Å². The van der Waals surface area contributed by atoms with E-state index in [2.05, 4.69) is 0 Å². The predicted octanol–water partition coefficient (Wildman–Crippen LogP) is 5.70. The van der Waals surface area contributed by atoms with Crippen LogP contribution in [0.15, 0.2) is 72.0 Å². The van der Waals surface area contributed by atoms with Gasteiger partial charge in [-0.3, -0.25) is 19.2 Å². The van der Waals surface area contributed by atoms with Crippen molar-refractivity contribution in [3.8, 4) is 0 Å². The SMILES string of the molecule is CC(=O)OC(CCCOC(=O)CCC(=O)OCc1ccccc1)OC(=O)CCC(OCc1ccccc1)=C1CCC1. The first-order valence-electron chi connectivity index (χ1n) is 14.0. The van der Waals surface area contributed by atoms with Crippen molar-refractivity contribution in [2.75, 3.05) is 6.61 Å². The molecule has 220 valence electrons. The number of rotatable bonds is 17. The van der Waals surface area contributed by atoms with Gasteiger partial charge in [0, 0.05) is 19.8 Å². The highest BCUT2D eigenvalue weighted by Gasteiger charge is 2.21. The highest BCUT2D eigenvalue weighted by atomic mass is 16.7. The molecule has 9 nitrogen and oxygen atoms in total. The van der Waals surface area contributed by atoms with Gasteiger partial charge in [-0.15, -0.1) is 0 Å². The van der Waals surface area contributed by atoms with Gasteiger partial charge in [-0.05, 0) is 42.4 Å². The third kappa shape index (κ3) is 12.7. The Balaban J connectivity index is 1.33. The van der Waals surface area contributed by atoms with Gasteiger partial charge in [0.05, 0.1) is 31.6 Å². The van der Waals surface area contributed by atoms with E-state index in [4.69, 9.17) is 23.7 Å². The van der Waals surface area contributed by atoms with E-state index in [1.165, 1.54) is 12.5 Å². The van der Waals surface area contributed by atoms with Crippen LogP contribution in [0.4, 0.5) is 0 Å². The average Bonchev–Trinajstić information content (AvgIpc) is 2.94. The Morgan fingerprint density at radius 2 is 1.24 bits per heavy atom. The van der Waals surface area contributed by atoms with Crippen molar-refractivity contribution in [3.63, 3.8) is 0 Å². The highest BCUT2D eigenvalue weighted by Crippen LogP contribution is 2.32. The Morgan fingerprint density at radius 1 is 0.683 bits per heavy atom. The van der Waals surface area contributed by atoms with E-state index < -0.39 is 30.2 Å². The summed E-state index contributed by atoms with van der Waals surface area (Å²) in [5.41, 5.74) is 3.13. The molecule has 41 heavy (non-hydrogen) atoms. The molecule has 9 heteroatoms. The van der Waals surface area contributed by atoms with Gasteiger partial charge in [-0.25, -0.2) is 0 Å². The van der Waals surface area contributed by atoms with Gasteiger partial charge in [-0.2, -0.15) is 0 Å². The molecular weight excluding hydrogens is 528 g/mol. The van der Waals surface area contributed by atoms with Gasteiger partial charge >= 0.3 is 23.9 Å². The first-order valence-corrected chi connectivity index (χ1v) is 14.0. The number of carbonyl (C=O) groups excluding carboxylic acids is 4. The molecule has 1 fully saturated rings. The number of carbonyl (C=O) groups is 4. The van der Waals surface area contributed by atoms with Gasteiger partial charge in [0.25, 0.3) is 0 Å². The molecule has 1 atom stereocenters. The van der Waals surface area contributed by atoms with Gasteiger partial charge in [0.2, 0.25) is 6.29 Å². The molecule has 0 radical (unpaired) electrons. The molecular formula is C32H38O9. The fourth-order valence-corrected chi connectivity index (χ4v) is 4.00. The minimum atomic E-state index is -1.09. The van der Waals surface area contributed by atoms with Crippen LogP contribution in [0.5, 0.6) is 0 Å². The predicted molar refractivity (Wildman–Crippen MR) is 149 cm³/mol. The smallest absolute Gasteiger partial charge is 0.309 e. The Bertz CT molecular complexity index is 1150. The first kappa shape index (κ1) is 31.4. The zero-order valence-electron chi connectivity index (χ0n) is 23.5. The Hall–Kier alpha value is -4.14. The minimum absolute atomic E-state index is 0.0246. The maximum Gasteiger partial charge on any atom is 0.309 e. The number of esters is 4. The summed E-state index contributed by atoms with van der Waals surface area (Å²) in [7, 11) is 0. The monoisotopic (exact) mass is 566 g/mol. The second kappa shape index (κ2) is 17.5. The average molecular weight is 567 g/mol. The molecule has 1 unspecified atom stereocenters. The van der Waals surface area contributed by atoms with Crippen molar-refractivity contribution in [1.82, 2.24) is 0 Å². The Kier molecular flexibility index (Phi) is 13.4. The molecule has 0 heterocycles. The van der Waals surface area contributed by atoms with Crippen molar-refractivity contribution in [1.29, 1.82) is 0 Å². The summed E-state index contributed by atoms with van der Waals surface area (Å²) in [4.78, 5) is 47.9. The van der Waals surface area contributed by atoms with E-state index >= 15 is 0 Å². The number of hydrogen-bond donors (Lipinski definition) is 0. The largest absolute Gasteiger partial charge is 0.493 e. The lowest BCUT2D eigenvalue weighted by Gasteiger charge is -2.23. The van der Waals surface area contributed by atoms with Crippen molar-refractivity contribution in [2.45, 2.75) is 84.2 Å². The zero-order valence-corrected chi connectivity index (χ0v) is 23.5. The van der Waals surface area contributed by atoms with Crippen LogP contribution < -0.4 is 0 Å². The standard InChI is InChI=1S/C32H38O9/c1-24(33)40-32(16-9-21-37-29(34)19-20-30(35)39-23-26-12-6-3-7-13-26)41-31(36)18-17-28(27-14-8-15-27)38-22-25-10-4-2-5-11-25/h2-7,10-13,32H,8-9,14-23H2,1H3. The number of benzene rings is 2. The Labute approximate surface area is 240 Å². The normalized spacial score (nSPS) is 12.9. The summed E-state index contributed by atoms with van der Waals surface area (Å²) in [6, 6.07) is 19.1. The molecule has 2 aromatic carbocycles. The Morgan fingerprint density at radius 3 is 1.80 bits per heavy atom. The molecule has 1 aliphatic carbocycles. The second-order valence-corrected chi connectivity index (χ2v) is 9.69. The van der Waals surface area contributed by atoms with E-state index in [9.17, 15) is 19.2 Å². The molecule has 0 bridgehead atoms. The third-order valence-corrected chi connectivity index (χ3v) is 6.35. The van der Waals surface area contributed by atoms with Gasteiger partial charge in [0.15, 0.2) is 0 Å². The van der Waals surface area contributed by atoms with Crippen LogP contribution in [0.2, 0.25) is 0 Å². The zero-order chi connectivity index (χ0) is 29.3. The molecule has 0 spiro atoms. The summed E-state index contributed by atoms with van der Waals surface area (Å²) >= 11 is 0. The molecule has 0 saturated heterocycles. The van der Waals surface area contributed by atoms with Crippen molar-refractivity contribution in [2.24, 2.45) is 0 Å². The van der Waals surface area contributed by atoms with Crippen LogP contribution in [-0.2, 0) is 56.1 Å². The quantitative estimate of drug-likeness (QED) is 0.0782. The summed E-state index contributed by atoms with van der Waals surface area (Å²) in [5, 5.41) is 0. The maximum absolute atomic E-state index is 12.6. The summed E-state index contributed by atoms with van der Waals surface area (Å²) < 4.78 is 26.9. The molecule has 3 rings (SSSR count). The van der Waals surface area contributed by atoms with E-state index in [0.717, 1.165) is 36.1 Å². The van der Waals surface area contributed by atoms with E-state index in [0.29, 0.717) is 19.4 Å².